The Balaban J connectivity index is 2.28. The SMILES string of the molecule is Cc1nn(Cc2cc(Br)cs2)c(C)c1C. The molecule has 0 spiro atoms. The lowest BCUT2D eigenvalue weighted by atomic mass is 10.2. The first-order chi connectivity index (χ1) is 7.08. The summed E-state index contributed by atoms with van der Waals surface area (Å²) in [6.07, 6.45) is 0. The molecule has 2 heterocycles. The number of aryl methyl sites for hydroxylation is 1. The van der Waals surface area contributed by atoms with Crippen LogP contribution in [-0.2, 0) is 6.54 Å². The van der Waals surface area contributed by atoms with Crippen molar-refractivity contribution in [2.24, 2.45) is 0 Å². The van der Waals surface area contributed by atoms with E-state index in [1.54, 1.807) is 11.3 Å². The summed E-state index contributed by atoms with van der Waals surface area (Å²) < 4.78 is 3.23. The first-order valence-corrected chi connectivity index (χ1v) is 6.48. The zero-order chi connectivity index (χ0) is 11.0. The topological polar surface area (TPSA) is 17.8 Å². The number of hydrogen-bond acceptors (Lipinski definition) is 2. The number of nitrogens with zero attached hydrogens (tertiary/aromatic N) is 2. The second-order valence-corrected chi connectivity index (χ2v) is 5.60. The number of hydrogen-bond donors (Lipinski definition) is 0. The lowest BCUT2D eigenvalue weighted by Crippen LogP contribution is -2.02. The smallest absolute Gasteiger partial charge is 0.0755 e. The van der Waals surface area contributed by atoms with E-state index in [-0.39, 0.29) is 0 Å². The molecule has 0 aliphatic carbocycles. The summed E-state index contributed by atoms with van der Waals surface area (Å²) in [6.45, 7) is 7.18. The summed E-state index contributed by atoms with van der Waals surface area (Å²) >= 11 is 5.22. The third-order valence-electron chi connectivity index (χ3n) is 2.67. The second-order valence-electron chi connectivity index (χ2n) is 3.68. The van der Waals surface area contributed by atoms with E-state index in [4.69, 9.17) is 0 Å². The van der Waals surface area contributed by atoms with Gasteiger partial charge < -0.3 is 0 Å². The van der Waals surface area contributed by atoms with Crippen LogP contribution < -0.4 is 0 Å². The minimum Gasteiger partial charge on any atom is -0.264 e. The van der Waals surface area contributed by atoms with Crippen LogP contribution in [-0.4, -0.2) is 9.78 Å². The van der Waals surface area contributed by atoms with Gasteiger partial charge in [-0.1, -0.05) is 0 Å². The Bertz CT molecular complexity index is 485. The average molecular weight is 285 g/mol. The molecule has 0 N–H and O–H groups in total. The van der Waals surface area contributed by atoms with Crippen molar-refractivity contribution >= 4 is 27.3 Å². The van der Waals surface area contributed by atoms with Gasteiger partial charge in [-0.2, -0.15) is 5.10 Å². The van der Waals surface area contributed by atoms with Gasteiger partial charge in [0, 0.05) is 20.4 Å². The number of thiophene rings is 1. The van der Waals surface area contributed by atoms with E-state index >= 15 is 0 Å². The summed E-state index contributed by atoms with van der Waals surface area (Å²) in [5.74, 6) is 0. The molecule has 0 saturated heterocycles. The van der Waals surface area contributed by atoms with Gasteiger partial charge in [0.1, 0.15) is 0 Å². The molecule has 0 bridgehead atoms. The Morgan fingerprint density at radius 2 is 2.13 bits per heavy atom. The van der Waals surface area contributed by atoms with Crippen molar-refractivity contribution in [3.05, 3.63) is 37.7 Å². The Morgan fingerprint density at radius 1 is 1.40 bits per heavy atom. The van der Waals surface area contributed by atoms with Gasteiger partial charge in [-0.15, -0.1) is 11.3 Å². The third kappa shape index (κ3) is 2.16. The molecule has 80 valence electrons. The molecule has 4 heteroatoms. The van der Waals surface area contributed by atoms with Gasteiger partial charge in [0.2, 0.25) is 0 Å². The standard InChI is InChI=1S/C11H13BrN2S/c1-7-8(2)13-14(9(7)3)5-11-4-10(12)6-15-11/h4,6H,5H2,1-3H3. The van der Waals surface area contributed by atoms with Gasteiger partial charge in [-0.3, -0.25) is 4.68 Å². The van der Waals surface area contributed by atoms with Crippen LogP contribution in [0.3, 0.4) is 0 Å². The second kappa shape index (κ2) is 4.10. The Hall–Kier alpha value is -0.610. The average Bonchev–Trinajstić information content (AvgIpc) is 2.68. The van der Waals surface area contributed by atoms with Gasteiger partial charge >= 0.3 is 0 Å². The van der Waals surface area contributed by atoms with E-state index in [1.807, 2.05) is 0 Å². The van der Waals surface area contributed by atoms with Crippen LogP contribution in [0.4, 0.5) is 0 Å². The summed E-state index contributed by atoms with van der Waals surface area (Å²) in [7, 11) is 0. The van der Waals surface area contributed by atoms with E-state index < -0.39 is 0 Å². The quantitative estimate of drug-likeness (QED) is 0.823. The molecule has 2 nitrogen and oxygen atoms in total. The summed E-state index contributed by atoms with van der Waals surface area (Å²) in [4.78, 5) is 1.33. The molecule has 0 unspecified atom stereocenters. The van der Waals surface area contributed by atoms with Crippen molar-refractivity contribution in [2.45, 2.75) is 27.3 Å². The maximum atomic E-state index is 4.52. The van der Waals surface area contributed by atoms with Crippen LogP contribution >= 0.6 is 27.3 Å². The van der Waals surface area contributed by atoms with E-state index in [0.717, 1.165) is 16.7 Å². The highest BCUT2D eigenvalue weighted by Gasteiger charge is 2.08. The highest BCUT2D eigenvalue weighted by molar-refractivity contribution is 9.10. The highest BCUT2D eigenvalue weighted by atomic mass is 79.9. The molecule has 2 aromatic rings. The van der Waals surface area contributed by atoms with Crippen molar-refractivity contribution in [2.75, 3.05) is 0 Å². The molecular formula is C11H13BrN2S. The Morgan fingerprint density at radius 3 is 2.60 bits per heavy atom. The van der Waals surface area contributed by atoms with Crippen LogP contribution in [0.25, 0.3) is 0 Å². The summed E-state index contributed by atoms with van der Waals surface area (Å²) in [6, 6.07) is 2.15. The van der Waals surface area contributed by atoms with E-state index in [0.29, 0.717) is 0 Å². The fourth-order valence-electron chi connectivity index (χ4n) is 1.52. The Kier molecular flexibility index (Phi) is 2.98. The van der Waals surface area contributed by atoms with Gasteiger partial charge in [0.15, 0.2) is 0 Å². The lowest BCUT2D eigenvalue weighted by molar-refractivity contribution is 0.665. The van der Waals surface area contributed by atoms with Crippen LogP contribution in [0, 0.1) is 20.8 Å². The van der Waals surface area contributed by atoms with Crippen molar-refractivity contribution in [1.82, 2.24) is 9.78 Å². The zero-order valence-electron chi connectivity index (χ0n) is 9.04. The van der Waals surface area contributed by atoms with Crippen LogP contribution in [0.2, 0.25) is 0 Å². The maximum Gasteiger partial charge on any atom is 0.0755 e. The van der Waals surface area contributed by atoms with Crippen molar-refractivity contribution in [1.29, 1.82) is 0 Å². The summed E-state index contributed by atoms with van der Waals surface area (Å²) in [5.41, 5.74) is 3.69. The first-order valence-electron chi connectivity index (χ1n) is 4.81. The minimum atomic E-state index is 0.872. The maximum absolute atomic E-state index is 4.52. The highest BCUT2D eigenvalue weighted by Crippen LogP contribution is 2.21. The first kappa shape index (κ1) is 10.9. The van der Waals surface area contributed by atoms with Gasteiger partial charge in [-0.25, -0.2) is 0 Å². The van der Waals surface area contributed by atoms with Gasteiger partial charge in [0.25, 0.3) is 0 Å². The zero-order valence-corrected chi connectivity index (χ0v) is 11.4. The van der Waals surface area contributed by atoms with E-state index in [2.05, 4.69) is 57.9 Å². The number of aromatic nitrogens is 2. The molecule has 2 aromatic heterocycles. The molecule has 0 amide bonds. The van der Waals surface area contributed by atoms with Gasteiger partial charge in [0.05, 0.1) is 12.2 Å². The molecule has 0 aliphatic heterocycles. The van der Waals surface area contributed by atoms with Crippen molar-refractivity contribution in [3.8, 4) is 0 Å². The molecule has 0 aromatic carbocycles. The summed E-state index contributed by atoms with van der Waals surface area (Å²) in [5, 5.41) is 6.63. The molecule has 0 aliphatic rings. The molecule has 0 fully saturated rings. The number of rotatable bonds is 2. The van der Waals surface area contributed by atoms with Crippen LogP contribution in [0.5, 0.6) is 0 Å². The largest absolute Gasteiger partial charge is 0.264 e. The molecule has 0 radical (unpaired) electrons. The molecule has 15 heavy (non-hydrogen) atoms. The predicted molar refractivity (Wildman–Crippen MR) is 67.6 cm³/mol. The van der Waals surface area contributed by atoms with Crippen molar-refractivity contribution < 1.29 is 0 Å². The fourth-order valence-corrected chi connectivity index (χ4v) is 2.96. The van der Waals surface area contributed by atoms with E-state index in [1.165, 1.54) is 16.1 Å². The fraction of sp³-hybridized carbons (Fsp3) is 0.364. The normalized spacial score (nSPS) is 10.9. The minimum absolute atomic E-state index is 0.872. The molecule has 2 rings (SSSR count). The van der Waals surface area contributed by atoms with Crippen molar-refractivity contribution in [3.63, 3.8) is 0 Å². The predicted octanol–water partition coefficient (Wildman–Crippen LogP) is 3.68. The number of halogens is 1. The molecular weight excluding hydrogens is 272 g/mol. The van der Waals surface area contributed by atoms with Gasteiger partial charge in [-0.05, 0) is 48.3 Å². The van der Waals surface area contributed by atoms with Crippen LogP contribution in [0.15, 0.2) is 15.9 Å². The van der Waals surface area contributed by atoms with E-state index in [9.17, 15) is 0 Å². The lowest BCUT2D eigenvalue weighted by Gasteiger charge is -2.01. The molecule has 0 atom stereocenters. The Labute approximate surface area is 102 Å². The van der Waals surface area contributed by atoms with Crippen LogP contribution in [0.1, 0.15) is 21.8 Å². The molecule has 0 saturated carbocycles. The monoisotopic (exact) mass is 284 g/mol. The third-order valence-corrected chi connectivity index (χ3v) is 4.35.